The summed E-state index contributed by atoms with van der Waals surface area (Å²) in [5, 5.41) is 8.92. The number of anilines is 1. The van der Waals surface area contributed by atoms with E-state index >= 15 is 0 Å². The summed E-state index contributed by atoms with van der Waals surface area (Å²) in [6.07, 6.45) is 5.13. The minimum Gasteiger partial charge on any atom is -0.457 e. The summed E-state index contributed by atoms with van der Waals surface area (Å²) >= 11 is 0. The van der Waals surface area contributed by atoms with E-state index in [1.54, 1.807) is 6.20 Å². The van der Waals surface area contributed by atoms with Gasteiger partial charge in [-0.1, -0.05) is 6.07 Å². The summed E-state index contributed by atoms with van der Waals surface area (Å²) in [5.74, 6) is 0.795. The Morgan fingerprint density at radius 1 is 1.20 bits per heavy atom. The molecule has 154 valence electrons. The maximum absolute atomic E-state index is 11.7. The lowest BCUT2D eigenvalue weighted by atomic mass is 9.72. The summed E-state index contributed by atoms with van der Waals surface area (Å²) in [6.45, 7) is 8.01. The third-order valence-corrected chi connectivity index (χ3v) is 7.15. The maximum atomic E-state index is 11.7. The molecule has 0 aliphatic carbocycles. The summed E-state index contributed by atoms with van der Waals surface area (Å²) in [7, 11) is 0. The van der Waals surface area contributed by atoms with Gasteiger partial charge in [0, 0.05) is 36.8 Å². The monoisotopic (exact) mass is 402 g/mol. The Balaban J connectivity index is 1.12. The summed E-state index contributed by atoms with van der Waals surface area (Å²) < 4.78 is 5.18. The number of hydrogen-bond acceptors (Lipinski definition) is 6. The number of piperidine rings is 1. The highest BCUT2D eigenvalue weighted by molar-refractivity contribution is 5.93. The van der Waals surface area contributed by atoms with Gasteiger partial charge in [-0.2, -0.15) is 5.26 Å². The number of aromatic nitrogens is 1. The molecule has 0 N–H and O–H groups in total. The Morgan fingerprint density at radius 2 is 2.00 bits per heavy atom. The van der Waals surface area contributed by atoms with Gasteiger partial charge in [0.1, 0.15) is 18.5 Å². The first-order valence-corrected chi connectivity index (χ1v) is 10.7. The van der Waals surface area contributed by atoms with Crippen molar-refractivity contribution in [2.75, 3.05) is 37.6 Å². The van der Waals surface area contributed by atoms with E-state index < -0.39 is 0 Å². The van der Waals surface area contributed by atoms with Crippen LogP contribution in [0.15, 0.2) is 30.5 Å². The van der Waals surface area contributed by atoms with Gasteiger partial charge in [-0.15, -0.1) is 0 Å². The maximum Gasteiger partial charge on any atom is 0.338 e. The Morgan fingerprint density at radius 3 is 2.70 bits per heavy atom. The highest BCUT2D eigenvalue weighted by atomic mass is 16.5. The first-order valence-electron chi connectivity index (χ1n) is 10.7. The van der Waals surface area contributed by atoms with Crippen LogP contribution in [-0.4, -0.2) is 48.6 Å². The number of esters is 1. The van der Waals surface area contributed by atoms with E-state index in [9.17, 15) is 4.79 Å². The Hall–Kier alpha value is -2.91. The average molecular weight is 402 g/mol. The number of nitrogens with zero attached hydrogens (tertiary/aromatic N) is 4. The number of ether oxygens (including phenoxy) is 1. The van der Waals surface area contributed by atoms with Crippen molar-refractivity contribution < 1.29 is 9.53 Å². The number of rotatable bonds is 4. The molecule has 3 aliphatic heterocycles. The Labute approximate surface area is 177 Å². The summed E-state index contributed by atoms with van der Waals surface area (Å²) in [5.41, 5.74) is 5.39. The second-order valence-corrected chi connectivity index (χ2v) is 8.92. The quantitative estimate of drug-likeness (QED) is 0.732. The van der Waals surface area contributed by atoms with Gasteiger partial charge in [-0.25, -0.2) is 9.78 Å². The molecule has 2 saturated heterocycles. The molecule has 6 heteroatoms. The molecule has 0 unspecified atom stereocenters. The van der Waals surface area contributed by atoms with Crippen molar-refractivity contribution in [3.63, 3.8) is 0 Å². The van der Waals surface area contributed by atoms with Crippen molar-refractivity contribution in [3.05, 3.63) is 58.3 Å². The van der Waals surface area contributed by atoms with E-state index in [0.29, 0.717) is 17.6 Å². The van der Waals surface area contributed by atoms with Crippen molar-refractivity contribution in [1.82, 2.24) is 9.88 Å². The highest BCUT2D eigenvalue weighted by Crippen LogP contribution is 2.42. The van der Waals surface area contributed by atoms with Gasteiger partial charge in [0.15, 0.2) is 0 Å². The molecule has 1 spiro atoms. The number of nitriles is 1. The second-order valence-electron chi connectivity index (χ2n) is 8.92. The highest BCUT2D eigenvalue weighted by Gasteiger charge is 2.45. The van der Waals surface area contributed by atoms with Gasteiger partial charge in [-0.3, -0.25) is 0 Å². The predicted octanol–water partition coefficient (Wildman–Crippen LogP) is 3.08. The molecule has 3 aliphatic rings. The molecular weight excluding hydrogens is 376 g/mol. The lowest BCUT2D eigenvalue weighted by Crippen LogP contribution is -2.60. The third kappa shape index (κ3) is 3.33. The van der Waals surface area contributed by atoms with Crippen molar-refractivity contribution in [2.24, 2.45) is 5.41 Å². The van der Waals surface area contributed by atoms with Crippen LogP contribution in [0.1, 0.15) is 45.5 Å². The van der Waals surface area contributed by atoms with Crippen molar-refractivity contribution >= 4 is 11.8 Å². The van der Waals surface area contributed by atoms with E-state index in [1.165, 1.54) is 24.0 Å². The lowest BCUT2D eigenvalue weighted by Gasteiger charge is -2.54. The normalized spacial score (nSPS) is 19.9. The molecule has 2 aromatic rings. The topological polar surface area (TPSA) is 69.5 Å². The van der Waals surface area contributed by atoms with Gasteiger partial charge in [0.2, 0.25) is 0 Å². The molecular formula is C24H26N4O2. The van der Waals surface area contributed by atoms with Gasteiger partial charge < -0.3 is 14.5 Å². The van der Waals surface area contributed by atoms with E-state index in [-0.39, 0.29) is 5.97 Å². The van der Waals surface area contributed by atoms with Crippen molar-refractivity contribution in [3.8, 4) is 6.07 Å². The van der Waals surface area contributed by atoms with Gasteiger partial charge in [0.05, 0.1) is 11.1 Å². The van der Waals surface area contributed by atoms with Crippen LogP contribution in [0, 0.1) is 23.7 Å². The molecule has 30 heavy (non-hydrogen) atoms. The Bertz CT molecular complexity index is 1010. The SMILES string of the molecule is Cc1c(CCN2CCC3(CC2)CN(c2ccc(C#N)cn2)C3)ccc2c1COC2=O. The lowest BCUT2D eigenvalue weighted by molar-refractivity contribution is 0.0535. The minimum absolute atomic E-state index is 0.188. The molecule has 1 aromatic carbocycles. The fraction of sp³-hybridized carbons (Fsp3) is 0.458. The van der Waals surface area contributed by atoms with Crippen molar-refractivity contribution in [1.29, 1.82) is 5.26 Å². The van der Waals surface area contributed by atoms with Gasteiger partial charge >= 0.3 is 5.97 Å². The van der Waals surface area contributed by atoms with E-state index in [4.69, 9.17) is 10.00 Å². The fourth-order valence-electron chi connectivity index (χ4n) is 5.08. The molecule has 0 amide bonds. The summed E-state index contributed by atoms with van der Waals surface area (Å²) in [4.78, 5) is 21.0. The molecule has 1 aromatic heterocycles. The standard InChI is InChI=1S/C24H26N4O2/c1-17-19(3-4-20-21(17)14-30-23(20)29)6-9-27-10-7-24(8-11-27)15-28(16-24)22-5-2-18(12-25)13-26-22/h2-5,13H,6-11,14-16H2,1H3. The molecule has 0 bridgehead atoms. The van der Waals surface area contributed by atoms with E-state index in [2.05, 4.69) is 33.8 Å². The predicted molar refractivity (Wildman–Crippen MR) is 113 cm³/mol. The van der Waals surface area contributed by atoms with Crippen LogP contribution in [0.2, 0.25) is 0 Å². The van der Waals surface area contributed by atoms with Crippen LogP contribution in [0.4, 0.5) is 5.82 Å². The first kappa shape index (κ1) is 19.1. The number of benzene rings is 1. The molecule has 5 rings (SSSR count). The molecule has 0 radical (unpaired) electrons. The van der Waals surface area contributed by atoms with Crippen LogP contribution < -0.4 is 4.90 Å². The number of hydrogen-bond donors (Lipinski definition) is 0. The number of carbonyl (C=O) groups is 1. The molecule has 4 heterocycles. The van der Waals surface area contributed by atoms with Crippen molar-refractivity contribution in [2.45, 2.75) is 32.8 Å². The average Bonchev–Trinajstić information content (AvgIpc) is 3.14. The van der Waals surface area contributed by atoms with Crippen LogP contribution in [0.5, 0.6) is 0 Å². The molecule has 6 nitrogen and oxygen atoms in total. The fourth-order valence-corrected chi connectivity index (χ4v) is 5.08. The van der Waals surface area contributed by atoms with E-state index in [0.717, 1.165) is 56.1 Å². The van der Waals surface area contributed by atoms with Crippen LogP contribution >= 0.6 is 0 Å². The zero-order valence-corrected chi connectivity index (χ0v) is 17.4. The number of likely N-dealkylation sites (tertiary alicyclic amines) is 1. The molecule has 0 saturated carbocycles. The molecule has 2 fully saturated rings. The Kier molecular flexibility index (Phi) is 4.71. The minimum atomic E-state index is -0.188. The first-order chi connectivity index (χ1) is 14.6. The number of pyridine rings is 1. The molecule has 0 atom stereocenters. The second kappa shape index (κ2) is 7.41. The van der Waals surface area contributed by atoms with Crippen LogP contribution in [-0.2, 0) is 17.8 Å². The van der Waals surface area contributed by atoms with Gasteiger partial charge in [0.25, 0.3) is 0 Å². The smallest absolute Gasteiger partial charge is 0.338 e. The number of carbonyl (C=O) groups excluding carboxylic acids is 1. The zero-order chi connectivity index (χ0) is 20.7. The number of fused-ring (bicyclic) bond motifs is 1. The zero-order valence-electron chi connectivity index (χ0n) is 17.4. The van der Waals surface area contributed by atoms with Gasteiger partial charge in [-0.05, 0) is 68.6 Å². The number of cyclic esters (lactones) is 1. The third-order valence-electron chi connectivity index (χ3n) is 7.15. The van der Waals surface area contributed by atoms with E-state index in [1.807, 2.05) is 18.2 Å². The largest absolute Gasteiger partial charge is 0.457 e. The summed E-state index contributed by atoms with van der Waals surface area (Å²) in [6, 6.07) is 9.95. The van der Waals surface area contributed by atoms with Crippen LogP contribution in [0.25, 0.3) is 0 Å². The van der Waals surface area contributed by atoms with Crippen LogP contribution in [0.3, 0.4) is 0 Å².